The van der Waals surface area contributed by atoms with Crippen LogP contribution in [0.1, 0.15) is 12.8 Å². The number of carboxylic acids is 2. The number of aliphatic hydroxyl groups is 2. The van der Waals surface area contributed by atoms with E-state index in [0.29, 0.717) is 12.8 Å². The average molecular weight is 348 g/mol. The molecule has 0 aromatic heterocycles. The van der Waals surface area contributed by atoms with Crippen molar-refractivity contribution in [1.82, 2.24) is 9.80 Å². The first-order valence-corrected chi connectivity index (χ1v) is 6.65. The van der Waals surface area contributed by atoms with Crippen LogP contribution in [0.25, 0.3) is 0 Å². The fourth-order valence-corrected chi connectivity index (χ4v) is 0.824. The molecule has 0 aromatic carbocycles. The van der Waals surface area contributed by atoms with Gasteiger partial charge >= 0.3 is 11.9 Å². The molecular formula is C14H24N2O8. The van der Waals surface area contributed by atoms with E-state index in [1.54, 1.807) is 0 Å². The summed E-state index contributed by atoms with van der Waals surface area (Å²) in [7, 11) is 0. The third kappa shape index (κ3) is 24.3. The number of hydrogen-bond acceptors (Lipinski definition) is 6. The van der Waals surface area contributed by atoms with Gasteiger partial charge in [0.25, 0.3) is 0 Å². The van der Waals surface area contributed by atoms with Crippen LogP contribution in [0.5, 0.6) is 0 Å². The van der Waals surface area contributed by atoms with E-state index in [9.17, 15) is 19.2 Å². The van der Waals surface area contributed by atoms with E-state index in [1.807, 2.05) is 0 Å². The molecule has 24 heavy (non-hydrogen) atoms. The van der Waals surface area contributed by atoms with Crippen LogP contribution >= 0.6 is 0 Å². The van der Waals surface area contributed by atoms with Gasteiger partial charge in [-0.3, -0.25) is 19.2 Å². The number of aliphatic carboxylic acids is 2. The Morgan fingerprint density at radius 1 is 0.792 bits per heavy atom. The second-order valence-corrected chi connectivity index (χ2v) is 3.79. The predicted octanol–water partition coefficient (Wildman–Crippen LogP) is -0.903. The molecule has 0 aromatic rings. The molecule has 0 spiro atoms. The maximum absolute atomic E-state index is 10.0. The number of nitrogens with zero attached hydrogens (tertiary/aromatic N) is 2. The molecule has 0 fully saturated rings. The molecule has 0 aliphatic heterocycles. The van der Waals surface area contributed by atoms with E-state index in [1.165, 1.54) is 22.2 Å². The Labute approximate surface area is 139 Å². The topological polar surface area (TPSA) is 156 Å². The fraction of sp³-hybridized carbons (Fsp3) is 0.429. The molecule has 138 valence electrons. The second kappa shape index (κ2) is 20.3. The molecule has 0 radical (unpaired) electrons. The highest BCUT2D eigenvalue weighted by Crippen LogP contribution is 1.87. The normalized spacial score (nSPS) is 8.25. The summed E-state index contributed by atoms with van der Waals surface area (Å²) in [5.41, 5.74) is 0. The maximum Gasteiger partial charge on any atom is 0.305 e. The lowest BCUT2D eigenvalue weighted by Crippen LogP contribution is -2.18. The van der Waals surface area contributed by atoms with E-state index < -0.39 is 11.9 Å². The van der Waals surface area contributed by atoms with Crippen molar-refractivity contribution in [2.75, 3.05) is 26.3 Å². The van der Waals surface area contributed by atoms with Crippen LogP contribution in [0.3, 0.4) is 0 Å². The number of hydrogen-bond donors (Lipinski definition) is 4. The maximum atomic E-state index is 10.0. The first-order valence-electron chi connectivity index (χ1n) is 6.65. The molecule has 0 saturated carbocycles. The van der Waals surface area contributed by atoms with Crippen molar-refractivity contribution >= 4 is 24.8 Å². The molecule has 2 amide bonds. The zero-order valence-corrected chi connectivity index (χ0v) is 13.3. The van der Waals surface area contributed by atoms with Gasteiger partial charge in [0.2, 0.25) is 12.8 Å². The smallest absolute Gasteiger partial charge is 0.305 e. The Hall–Kier alpha value is -2.72. The molecule has 4 N–H and O–H groups in total. The van der Waals surface area contributed by atoms with Gasteiger partial charge in [0.15, 0.2) is 0 Å². The van der Waals surface area contributed by atoms with E-state index in [4.69, 9.17) is 20.4 Å². The summed E-state index contributed by atoms with van der Waals surface area (Å²) in [6.45, 7) is 6.74. The molecule has 0 atom stereocenters. The minimum absolute atomic E-state index is 0.0508. The Morgan fingerprint density at radius 3 is 1.21 bits per heavy atom. The molecule has 0 saturated heterocycles. The SMILES string of the molecule is C=CN(C=O)CCC(=O)O.C=CN(C=O)CCC(=O)O.OCCO. The summed E-state index contributed by atoms with van der Waals surface area (Å²) in [6, 6.07) is 0. The van der Waals surface area contributed by atoms with E-state index in [0.717, 1.165) is 0 Å². The number of rotatable bonds is 11. The summed E-state index contributed by atoms with van der Waals surface area (Å²) in [6.07, 6.45) is 3.55. The van der Waals surface area contributed by atoms with E-state index >= 15 is 0 Å². The number of carbonyl (C=O) groups excluding carboxylic acids is 2. The first kappa shape index (κ1) is 26.2. The third-order valence-electron chi connectivity index (χ3n) is 2.01. The van der Waals surface area contributed by atoms with Gasteiger partial charge < -0.3 is 30.2 Å². The van der Waals surface area contributed by atoms with Gasteiger partial charge in [-0.05, 0) is 12.4 Å². The fourth-order valence-electron chi connectivity index (χ4n) is 0.824. The first-order chi connectivity index (χ1) is 11.3. The van der Waals surface area contributed by atoms with Crippen LogP contribution in [-0.4, -0.2) is 81.3 Å². The molecule has 0 heterocycles. The van der Waals surface area contributed by atoms with Gasteiger partial charge in [0, 0.05) is 13.1 Å². The van der Waals surface area contributed by atoms with Crippen LogP contribution in [0.15, 0.2) is 25.6 Å². The Bertz CT molecular complexity index is 335. The van der Waals surface area contributed by atoms with Crippen molar-refractivity contribution in [1.29, 1.82) is 0 Å². The van der Waals surface area contributed by atoms with Crippen LogP contribution in [-0.2, 0) is 19.2 Å². The van der Waals surface area contributed by atoms with E-state index in [-0.39, 0.29) is 39.1 Å². The summed E-state index contributed by atoms with van der Waals surface area (Å²) >= 11 is 0. The van der Waals surface area contributed by atoms with Crippen molar-refractivity contribution in [3.05, 3.63) is 25.6 Å². The number of carbonyl (C=O) groups is 4. The van der Waals surface area contributed by atoms with Crippen molar-refractivity contribution in [3.8, 4) is 0 Å². The van der Waals surface area contributed by atoms with Gasteiger partial charge in [0.1, 0.15) is 0 Å². The predicted molar refractivity (Wildman–Crippen MR) is 84.6 cm³/mol. The molecular weight excluding hydrogens is 324 g/mol. The molecule has 0 aliphatic carbocycles. The minimum Gasteiger partial charge on any atom is -0.481 e. The summed E-state index contributed by atoms with van der Waals surface area (Å²) < 4.78 is 0. The molecule has 0 rings (SSSR count). The van der Waals surface area contributed by atoms with Crippen LogP contribution in [0, 0.1) is 0 Å². The summed E-state index contributed by atoms with van der Waals surface area (Å²) in [4.78, 5) is 42.3. The summed E-state index contributed by atoms with van der Waals surface area (Å²) in [5, 5.41) is 31.6. The third-order valence-corrected chi connectivity index (χ3v) is 2.01. The quantitative estimate of drug-likeness (QED) is 0.350. The lowest BCUT2D eigenvalue weighted by Gasteiger charge is -2.07. The number of aliphatic hydroxyl groups excluding tert-OH is 2. The van der Waals surface area contributed by atoms with E-state index in [2.05, 4.69) is 13.2 Å². The molecule has 0 bridgehead atoms. The van der Waals surface area contributed by atoms with Crippen molar-refractivity contribution in [2.45, 2.75) is 12.8 Å². The van der Waals surface area contributed by atoms with Crippen molar-refractivity contribution in [2.24, 2.45) is 0 Å². The van der Waals surface area contributed by atoms with Crippen LogP contribution in [0.4, 0.5) is 0 Å². The lowest BCUT2D eigenvalue weighted by molar-refractivity contribution is -0.138. The van der Waals surface area contributed by atoms with Crippen molar-refractivity contribution in [3.63, 3.8) is 0 Å². The Kier molecular flexibility index (Phi) is 22.1. The standard InChI is InChI=1S/2C6H9NO3.C2H6O2/c2*1-2-7(5-8)4-3-6(9)10;3-1-2-4/h2*2,5H,1,3-4H2,(H,9,10);3-4H,1-2H2. The van der Waals surface area contributed by atoms with Gasteiger partial charge in [-0.25, -0.2) is 0 Å². The highest BCUT2D eigenvalue weighted by molar-refractivity contribution is 5.67. The molecule has 10 nitrogen and oxygen atoms in total. The monoisotopic (exact) mass is 348 g/mol. The van der Waals surface area contributed by atoms with Gasteiger partial charge in [-0.2, -0.15) is 0 Å². The summed E-state index contributed by atoms with van der Waals surface area (Å²) in [5.74, 6) is -1.84. The highest BCUT2D eigenvalue weighted by Gasteiger charge is 2.00. The number of amides is 2. The van der Waals surface area contributed by atoms with Gasteiger partial charge in [0.05, 0.1) is 26.1 Å². The molecule has 0 unspecified atom stereocenters. The zero-order chi connectivity index (χ0) is 19.4. The lowest BCUT2D eigenvalue weighted by atomic mass is 10.4. The second-order valence-electron chi connectivity index (χ2n) is 3.79. The largest absolute Gasteiger partial charge is 0.481 e. The highest BCUT2D eigenvalue weighted by atomic mass is 16.4. The van der Waals surface area contributed by atoms with Crippen LogP contribution in [0.2, 0.25) is 0 Å². The van der Waals surface area contributed by atoms with Gasteiger partial charge in [-0.15, -0.1) is 0 Å². The average Bonchev–Trinajstić information content (AvgIpc) is 2.57. The van der Waals surface area contributed by atoms with Gasteiger partial charge in [-0.1, -0.05) is 13.2 Å². The molecule has 10 heteroatoms. The van der Waals surface area contributed by atoms with Crippen LogP contribution < -0.4 is 0 Å². The molecule has 0 aliphatic rings. The minimum atomic E-state index is -0.922. The Balaban J connectivity index is -0.000000301. The Morgan fingerprint density at radius 2 is 1.08 bits per heavy atom. The van der Waals surface area contributed by atoms with Crippen molar-refractivity contribution < 1.29 is 39.6 Å². The number of carboxylic acid groups (broad SMARTS) is 2. The zero-order valence-electron chi connectivity index (χ0n) is 13.3.